The predicted octanol–water partition coefficient (Wildman–Crippen LogP) is 1.78. The van der Waals surface area contributed by atoms with Crippen LogP contribution in [0.15, 0.2) is 18.2 Å². The van der Waals surface area contributed by atoms with Crippen molar-refractivity contribution in [2.45, 2.75) is 32.2 Å². The molecular weight excluding hydrogens is 240 g/mol. The lowest BCUT2D eigenvalue weighted by atomic mass is 10.1. The van der Waals surface area contributed by atoms with E-state index in [0.717, 1.165) is 18.2 Å². The second kappa shape index (κ2) is 7.06. The Morgan fingerprint density at radius 2 is 2.17 bits per heavy atom. The molecule has 0 heterocycles. The lowest BCUT2D eigenvalue weighted by Crippen LogP contribution is -2.34. The third-order valence-electron chi connectivity index (χ3n) is 2.54. The first kappa shape index (κ1) is 14.6. The zero-order chi connectivity index (χ0) is 13.5. The van der Waals surface area contributed by atoms with Gasteiger partial charge in [-0.05, 0) is 43.5 Å². The summed E-state index contributed by atoms with van der Waals surface area (Å²) in [6.45, 7) is 1.56. The van der Waals surface area contributed by atoms with Crippen molar-refractivity contribution in [3.8, 4) is 0 Å². The predicted molar refractivity (Wildman–Crippen MR) is 64.0 cm³/mol. The van der Waals surface area contributed by atoms with Crippen molar-refractivity contribution < 1.29 is 18.7 Å². The first-order chi connectivity index (χ1) is 8.52. The molecule has 1 amide bonds. The van der Waals surface area contributed by atoms with Crippen LogP contribution in [0.4, 0.5) is 8.78 Å². The molecule has 1 aromatic rings. The van der Waals surface area contributed by atoms with E-state index in [9.17, 15) is 13.6 Å². The van der Waals surface area contributed by atoms with E-state index < -0.39 is 11.6 Å². The molecule has 18 heavy (non-hydrogen) atoms. The van der Waals surface area contributed by atoms with E-state index in [4.69, 9.17) is 5.11 Å². The highest BCUT2D eigenvalue weighted by atomic mass is 19.1. The van der Waals surface area contributed by atoms with Crippen LogP contribution in [0.2, 0.25) is 0 Å². The van der Waals surface area contributed by atoms with E-state index >= 15 is 0 Å². The number of aliphatic hydroxyl groups is 1. The molecule has 1 atom stereocenters. The summed E-state index contributed by atoms with van der Waals surface area (Å²) < 4.78 is 26.1. The van der Waals surface area contributed by atoms with Gasteiger partial charge in [0.25, 0.3) is 0 Å². The summed E-state index contributed by atoms with van der Waals surface area (Å²) in [5.41, 5.74) is 0.276. The number of rotatable bonds is 6. The van der Waals surface area contributed by atoms with Gasteiger partial charge in [0.2, 0.25) is 5.91 Å². The minimum atomic E-state index is -0.482. The molecular formula is C13H17F2NO2. The Kier molecular flexibility index (Phi) is 5.71. The second-order valence-electron chi connectivity index (χ2n) is 4.24. The van der Waals surface area contributed by atoms with Crippen molar-refractivity contribution in [2.75, 3.05) is 6.61 Å². The third-order valence-corrected chi connectivity index (χ3v) is 2.54. The topological polar surface area (TPSA) is 49.3 Å². The standard InChI is InChI=1S/C13H17F2NO2/c1-9(8-17)16-13(18)4-2-3-10-7-11(14)5-6-12(10)15/h5-7,9,17H,2-4,8H2,1H3,(H,16,18). The number of halogens is 2. The number of aryl methyl sites for hydroxylation is 1. The summed E-state index contributed by atoms with van der Waals surface area (Å²) in [4.78, 5) is 11.4. The van der Waals surface area contributed by atoms with Gasteiger partial charge in [-0.25, -0.2) is 8.78 Å². The maximum Gasteiger partial charge on any atom is 0.220 e. The molecule has 1 rings (SSSR count). The largest absolute Gasteiger partial charge is 0.394 e. The second-order valence-corrected chi connectivity index (χ2v) is 4.24. The zero-order valence-corrected chi connectivity index (χ0v) is 10.2. The molecule has 0 radical (unpaired) electrons. The smallest absolute Gasteiger partial charge is 0.220 e. The SMILES string of the molecule is CC(CO)NC(=O)CCCc1cc(F)ccc1F. The third kappa shape index (κ3) is 4.79. The van der Waals surface area contributed by atoms with Crippen LogP contribution in [-0.2, 0) is 11.2 Å². The van der Waals surface area contributed by atoms with Crippen molar-refractivity contribution >= 4 is 5.91 Å². The number of nitrogens with one attached hydrogen (secondary N) is 1. The minimum Gasteiger partial charge on any atom is -0.394 e. The average molecular weight is 257 g/mol. The number of hydrogen-bond donors (Lipinski definition) is 2. The van der Waals surface area contributed by atoms with Gasteiger partial charge in [0.05, 0.1) is 6.61 Å². The number of benzene rings is 1. The highest BCUT2D eigenvalue weighted by molar-refractivity contribution is 5.76. The van der Waals surface area contributed by atoms with Gasteiger partial charge in [-0.3, -0.25) is 4.79 Å². The maximum absolute atomic E-state index is 13.3. The monoisotopic (exact) mass is 257 g/mol. The van der Waals surface area contributed by atoms with Crippen LogP contribution in [0.25, 0.3) is 0 Å². The van der Waals surface area contributed by atoms with Gasteiger partial charge in [0, 0.05) is 12.5 Å². The Morgan fingerprint density at radius 1 is 1.44 bits per heavy atom. The number of carbonyl (C=O) groups excluding carboxylic acids is 1. The molecule has 0 saturated carbocycles. The van der Waals surface area contributed by atoms with Gasteiger partial charge in [-0.15, -0.1) is 0 Å². The number of carbonyl (C=O) groups is 1. The normalized spacial score (nSPS) is 12.2. The van der Waals surface area contributed by atoms with Gasteiger partial charge in [-0.2, -0.15) is 0 Å². The first-order valence-corrected chi connectivity index (χ1v) is 5.87. The average Bonchev–Trinajstić information content (AvgIpc) is 2.33. The quantitative estimate of drug-likeness (QED) is 0.816. The summed E-state index contributed by atoms with van der Waals surface area (Å²) in [5, 5.41) is 11.3. The fraction of sp³-hybridized carbons (Fsp3) is 0.462. The molecule has 5 heteroatoms. The molecule has 1 aromatic carbocycles. The van der Waals surface area contributed by atoms with E-state index in [1.54, 1.807) is 6.92 Å². The zero-order valence-electron chi connectivity index (χ0n) is 10.2. The number of aliphatic hydroxyl groups excluding tert-OH is 1. The summed E-state index contributed by atoms with van der Waals surface area (Å²) in [7, 11) is 0. The van der Waals surface area contributed by atoms with Gasteiger partial charge in [0.15, 0.2) is 0 Å². The molecule has 0 aliphatic heterocycles. The van der Waals surface area contributed by atoms with E-state index in [0.29, 0.717) is 12.8 Å². The molecule has 3 nitrogen and oxygen atoms in total. The fourth-order valence-corrected chi connectivity index (χ4v) is 1.57. The van der Waals surface area contributed by atoms with Crippen LogP contribution in [0.3, 0.4) is 0 Å². The van der Waals surface area contributed by atoms with Crippen LogP contribution in [0.5, 0.6) is 0 Å². The molecule has 0 aliphatic rings. The summed E-state index contributed by atoms with van der Waals surface area (Å²) >= 11 is 0. The molecule has 0 aliphatic carbocycles. The first-order valence-electron chi connectivity index (χ1n) is 5.87. The van der Waals surface area contributed by atoms with Crippen molar-refractivity contribution in [1.82, 2.24) is 5.32 Å². The van der Waals surface area contributed by atoms with Crippen molar-refractivity contribution in [1.29, 1.82) is 0 Å². The van der Waals surface area contributed by atoms with Gasteiger partial charge >= 0.3 is 0 Å². The molecule has 0 spiro atoms. The van der Waals surface area contributed by atoms with Crippen LogP contribution >= 0.6 is 0 Å². The minimum absolute atomic E-state index is 0.121. The Morgan fingerprint density at radius 3 is 2.83 bits per heavy atom. The fourth-order valence-electron chi connectivity index (χ4n) is 1.57. The van der Waals surface area contributed by atoms with E-state index in [2.05, 4.69) is 5.32 Å². The molecule has 1 unspecified atom stereocenters. The maximum atomic E-state index is 13.3. The summed E-state index contributed by atoms with van der Waals surface area (Å²) in [6.07, 6.45) is 0.967. The molecule has 0 bridgehead atoms. The highest BCUT2D eigenvalue weighted by Crippen LogP contribution is 2.12. The Hall–Kier alpha value is -1.49. The molecule has 0 fully saturated rings. The number of hydrogen-bond acceptors (Lipinski definition) is 2. The van der Waals surface area contributed by atoms with Crippen LogP contribution in [-0.4, -0.2) is 23.7 Å². The number of amides is 1. The summed E-state index contributed by atoms with van der Waals surface area (Å²) in [5.74, 6) is -1.14. The van der Waals surface area contributed by atoms with Gasteiger partial charge in [0.1, 0.15) is 11.6 Å². The summed E-state index contributed by atoms with van der Waals surface area (Å²) in [6, 6.07) is 3.00. The van der Waals surface area contributed by atoms with Crippen molar-refractivity contribution in [3.63, 3.8) is 0 Å². The molecule has 0 aromatic heterocycles. The molecule has 100 valence electrons. The van der Waals surface area contributed by atoms with Crippen LogP contribution in [0.1, 0.15) is 25.3 Å². The molecule has 2 N–H and O–H groups in total. The van der Waals surface area contributed by atoms with E-state index in [-0.39, 0.29) is 30.5 Å². The molecule has 0 saturated heterocycles. The van der Waals surface area contributed by atoms with Crippen molar-refractivity contribution in [2.24, 2.45) is 0 Å². The lowest BCUT2D eigenvalue weighted by molar-refractivity contribution is -0.122. The highest BCUT2D eigenvalue weighted by Gasteiger charge is 2.08. The van der Waals surface area contributed by atoms with E-state index in [1.807, 2.05) is 0 Å². The Balaban J connectivity index is 2.37. The van der Waals surface area contributed by atoms with Crippen LogP contribution in [0, 0.1) is 11.6 Å². The van der Waals surface area contributed by atoms with Gasteiger partial charge < -0.3 is 10.4 Å². The Labute approximate surface area is 105 Å². The van der Waals surface area contributed by atoms with E-state index in [1.165, 1.54) is 0 Å². The lowest BCUT2D eigenvalue weighted by Gasteiger charge is -2.10. The van der Waals surface area contributed by atoms with Gasteiger partial charge in [-0.1, -0.05) is 0 Å². The van der Waals surface area contributed by atoms with Crippen LogP contribution < -0.4 is 5.32 Å². The van der Waals surface area contributed by atoms with Crippen molar-refractivity contribution in [3.05, 3.63) is 35.4 Å². The Bertz CT molecular complexity index is 410.